The van der Waals surface area contributed by atoms with Crippen LogP contribution in [0, 0.1) is 15.9 Å². The van der Waals surface area contributed by atoms with Gasteiger partial charge in [0.25, 0.3) is 10.0 Å². The largest absolute Gasteiger partial charge is 0.455 e. The van der Waals surface area contributed by atoms with E-state index in [1.54, 1.807) is 0 Å². The summed E-state index contributed by atoms with van der Waals surface area (Å²) >= 11 is 12.6. The van der Waals surface area contributed by atoms with Gasteiger partial charge in [0.15, 0.2) is 11.7 Å². The van der Waals surface area contributed by atoms with Crippen molar-refractivity contribution in [3.8, 4) is 22.6 Å². The first-order valence-electron chi connectivity index (χ1n) is 12.7. The smallest absolute Gasteiger partial charge is 0.398 e. The van der Waals surface area contributed by atoms with Crippen molar-refractivity contribution in [1.29, 1.82) is 0 Å². The van der Waals surface area contributed by atoms with Crippen molar-refractivity contribution in [2.75, 3.05) is 13.7 Å². The van der Waals surface area contributed by atoms with Crippen LogP contribution in [0.4, 0.5) is 10.2 Å². The van der Waals surface area contributed by atoms with Crippen LogP contribution >= 0.6 is 23.2 Å². The summed E-state index contributed by atoms with van der Waals surface area (Å²) in [5, 5.41) is 20.0. The van der Waals surface area contributed by atoms with Crippen molar-refractivity contribution >= 4 is 39.0 Å². The van der Waals surface area contributed by atoms with Crippen molar-refractivity contribution in [2.24, 2.45) is 4.40 Å². The lowest BCUT2D eigenvalue weighted by Crippen LogP contribution is -2.25. The molecule has 3 heterocycles. The van der Waals surface area contributed by atoms with E-state index in [0.29, 0.717) is 13.0 Å². The predicted octanol–water partition coefficient (Wildman–Crippen LogP) is 5.49. The molecule has 226 valence electrons. The molecule has 1 aliphatic rings. The second kappa shape index (κ2) is 12.8. The Kier molecular flexibility index (Phi) is 9.08. The molecule has 0 amide bonds. The third-order valence-corrected chi connectivity index (χ3v) is 8.15. The van der Waals surface area contributed by atoms with Gasteiger partial charge < -0.3 is 24.3 Å². The van der Waals surface area contributed by atoms with Gasteiger partial charge in [-0.1, -0.05) is 23.2 Å². The lowest BCUT2D eigenvalue weighted by molar-refractivity contribution is -0.389. The summed E-state index contributed by atoms with van der Waals surface area (Å²) in [6.45, 7) is 0.400. The number of benzene rings is 2. The molecule has 1 unspecified atom stereocenters. The second-order valence-corrected chi connectivity index (χ2v) is 11.7. The van der Waals surface area contributed by atoms with Crippen LogP contribution in [0.5, 0.6) is 11.5 Å². The number of ether oxygens (including phenoxy) is 3. The van der Waals surface area contributed by atoms with Crippen LogP contribution in [0.25, 0.3) is 11.1 Å². The fourth-order valence-electron chi connectivity index (χ4n) is 4.36. The highest BCUT2D eigenvalue weighted by Gasteiger charge is 2.30. The van der Waals surface area contributed by atoms with Crippen molar-refractivity contribution in [2.45, 2.75) is 37.1 Å². The van der Waals surface area contributed by atoms with E-state index in [0.717, 1.165) is 25.0 Å². The van der Waals surface area contributed by atoms with Crippen molar-refractivity contribution < 1.29 is 31.9 Å². The van der Waals surface area contributed by atoms with E-state index in [1.165, 1.54) is 59.2 Å². The van der Waals surface area contributed by atoms with E-state index >= 15 is 4.39 Å². The van der Waals surface area contributed by atoms with Gasteiger partial charge in [0.2, 0.25) is 0 Å². The number of hydrogen-bond donors (Lipinski definition) is 0. The molecule has 0 aliphatic carbocycles. The molecule has 0 bridgehead atoms. The van der Waals surface area contributed by atoms with E-state index < -0.39 is 37.7 Å². The van der Waals surface area contributed by atoms with Crippen LogP contribution in [0.3, 0.4) is 0 Å². The molecule has 0 N–H and O–H groups in total. The van der Waals surface area contributed by atoms with Gasteiger partial charge in [0.05, 0.1) is 16.3 Å². The zero-order chi connectivity index (χ0) is 30.7. The summed E-state index contributed by atoms with van der Waals surface area (Å²) in [7, 11) is -3.21. The highest BCUT2D eigenvalue weighted by atomic mass is 35.5. The number of nitro groups is 1. The summed E-state index contributed by atoms with van der Waals surface area (Å²) in [5.74, 6) is -1.91. The highest BCUT2D eigenvalue weighted by molar-refractivity contribution is 7.90. The fraction of sp³-hybridized carbons (Fsp3) is 0.269. The molecule has 1 atom stereocenters. The number of nitrogens with zero attached hydrogens (tertiary/aromatic N) is 6. The van der Waals surface area contributed by atoms with Gasteiger partial charge >= 0.3 is 5.82 Å². The van der Waals surface area contributed by atoms with Crippen LogP contribution in [-0.4, -0.2) is 46.6 Å². The van der Waals surface area contributed by atoms with Crippen LogP contribution in [0.1, 0.15) is 25.5 Å². The zero-order valence-corrected chi connectivity index (χ0v) is 24.7. The molecule has 17 heteroatoms. The molecular formula is C26H23Cl2FN6O7S. The molecule has 4 aromatic rings. The van der Waals surface area contributed by atoms with Gasteiger partial charge in [-0.25, -0.2) is 9.07 Å². The maximum Gasteiger partial charge on any atom is 0.398 e. The summed E-state index contributed by atoms with van der Waals surface area (Å²) in [5.41, 5.74) is 0.141. The summed E-state index contributed by atoms with van der Waals surface area (Å²) in [6.07, 6.45) is 4.76. The number of halogens is 3. The van der Waals surface area contributed by atoms with E-state index in [-0.39, 0.29) is 44.9 Å². The molecule has 1 fully saturated rings. The quantitative estimate of drug-likeness (QED) is 0.169. The molecule has 0 saturated carbocycles. The van der Waals surface area contributed by atoms with Gasteiger partial charge in [-0.3, -0.25) is 0 Å². The molecule has 5 rings (SSSR count). The van der Waals surface area contributed by atoms with E-state index in [1.807, 2.05) is 0 Å². The van der Waals surface area contributed by atoms with Crippen LogP contribution in [0.15, 0.2) is 64.2 Å². The maximum absolute atomic E-state index is 15.3. The van der Waals surface area contributed by atoms with Crippen molar-refractivity contribution in [3.63, 3.8) is 0 Å². The highest BCUT2D eigenvalue weighted by Crippen LogP contribution is 2.42. The Morgan fingerprint density at radius 3 is 2.72 bits per heavy atom. The first-order valence-corrected chi connectivity index (χ1v) is 14.9. The van der Waals surface area contributed by atoms with Gasteiger partial charge in [-0.15, -0.1) is 4.40 Å². The third kappa shape index (κ3) is 6.70. The summed E-state index contributed by atoms with van der Waals surface area (Å²) in [6, 6.07) is 8.78. The van der Waals surface area contributed by atoms with Gasteiger partial charge in [-0.05, 0) is 60.6 Å². The van der Waals surface area contributed by atoms with Crippen molar-refractivity contribution in [3.05, 3.63) is 86.3 Å². The Morgan fingerprint density at radius 2 is 2.00 bits per heavy atom. The lowest BCUT2D eigenvalue weighted by atomic mass is 10.1. The Hall–Kier alpha value is -3.89. The zero-order valence-electron chi connectivity index (χ0n) is 22.4. The Labute approximate surface area is 254 Å². The number of rotatable bonds is 9. The van der Waals surface area contributed by atoms with Gasteiger partial charge in [-0.2, -0.15) is 18.2 Å². The minimum atomic E-state index is -4.60. The average Bonchev–Trinajstić information content (AvgIpc) is 3.43. The Morgan fingerprint density at radius 1 is 1.19 bits per heavy atom. The minimum Gasteiger partial charge on any atom is -0.455 e. The standard InChI is InChI=1S/C26H23Cl2FN6O7S/c1-40-15-34-24(5-4-9-30-34)32-43(38,39)23-12-19(28)22(13-20(23)29)42-21-8-7-16(27)11-17(21)18-14-33(31-26(18)35(36)37)25-6-2-3-10-41-25/h4-5,7-9,11-14,25H,2-3,6,10,15H2,1H3/b32-24+. The topological polar surface area (TPSA) is 153 Å². The normalized spacial score (nSPS) is 15.9. The number of aromatic nitrogens is 4. The van der Waals surface area contributed by atoms with Gasteiger partial charge in [0, 0.05) is 36.6 Å². The van der Waals surface area contributed by atoms with Crippen LogP contribution in [0.2, 0.25) is 10.0 Å². The maximum atomic E-state index is 15.3. The molecule has 1 aliphatic heterocycles. The fourth-order valence-corrected chi connectivity index (χ4v) is 5.87. The molecule has 2 aromatic carbocycles. The second-order valence-electron chi connectivity index (χ2n) is 9.25. The van der Waals surface area contributed by atoms with E-state index in [4.69, 9.17) is 37.4 Å². The summed E-state index contributed by atoms with van der Waals surface area (Å²) < 4.78 is 64.1. The summed E-state index contributed by atoms with van der Waals surface area (Å²) in [4.78, 5) is 10.5. The first-order chi connectivity index (χ1) is 20.6. The molecule has 0 radical (unpaired) electrons. The minimum absolute atomic E-state index is 0.0224. The van der Waals surface area contributed by atoms with E-state index in [9.17, 15) is 18.5 Å². The monoisotopic (exact) mass is 652 g/mol. The average molecular weight is 653 g/mol. The van der Waals surface area contributed by atoms with E-state index in [2.05, 4.69) is 14.6 Å². The van der Waals surface area contributed by atoms with Gasteiger partial charge in [0.1, 0.15) is 34.5 Å². The van der Waals surface area contributed by atoms with Crippen molar-refractivity contribution in [1.82, 2.24) is 19.6 Å². The Balaban J connectivity index is 1.53. The number of hydrogen-bond acceptors (Lipinski definition) is 9. The van der Waals surface area contributed by atoms with Crippen LogP contribution < -0.4 is 10.2 Å². The van der Waals surface area contributed by atoms with Crippen LogP contribution in [-0.2, 0) is 26.2 Å². The molecule has 43 heavy (non-hydrogen) atoms. The number of methoxy groups -OCH3 is 1. The molecule has 13 nitrogen and oxygen atoms in total. The molecular weight excluding hydrogens is 630 g/mol. The first kappa shape index (κ1) is 30.6. The third-order valence-electron chi connectivity index (χ3n) is 6.32. The SMILES string of the molecule is COCn1nccc/c1=N\S(=O)(=O)c1cc(Cl)c(Oc2ccc(Cl)cc2-c2cn(C3CCCCO3)nc2[N+](=O)[O-])cc1F. The molecule has 0 spiro atoms. The Bertz CT molecular complexity index is 1860. The number of sulfonamides is 1. The molecule has 1 saturated heterocycles. The lowest BCUT2D eigenvalue weighted by Gasteiger charge is -2.20. The molecule has 2 aromatic heterocycles. The predicted molar refractivity (Wildman–Crippen MR) is 152 cm³/mol.